The number of hydrogen-bond donors (Lipinski definition) is 1. The second-order valence-electron chi connectivity index (χ2n) is 8.30. The van der Waals surface area contributed by atoms with Gasteiger partial charge < -0.3 is 15.0 Å². The zero-order valence-corrected chi connectivity index (χ0v) is 16.5. The highest BCUT2D eigenvalue weighted by Gasteiger charge is 2.45. The van der Waals surface area contributed by atoms with Crippen LogP contribution in [0.1, 0.15) is 46.5 Å². The maximum atomic E-state index is 12.6. The largest absolute Gasteiger partial charge is 0.444 e. The molecule has 0 unspecified atom stereocenters. The number of pyridine rings is 1. The second kappa shape index (κ2) is 6.78. The molecule has 8 heteroatoms. The number of fused-ring (bicyclic) bond motifs is 3. The number of nitrogens with one attached hydrogen (secondary N) is 1. The van der Waals surface area contributed by atoms with Crippen molar-refractivity contribution in [2.45, 2.75) is 70.2 Å². The average molecular weight is 390 g/mol. The number of rotatable bonds is 2. The summed E-state index contributed by atoms with van der Waals surface area (Å²) in [7, 11) is 0. The first-order valence-electron chi connectivity index (χ1n) is 9.35. The van der Waals surface area contributed by atoms with E-state index < -0.39 is 5.60 Å². The first-order valence-corrected chi connectivity index (χ1v) is 9.73. The van der Waals surface area contributed by atoms with Crippen molar-refractivity contribution in [3.05, 3.63) is 23.6 Å². The molecule has 2 aliphatic heterocycles. The number of amides is 1. The molecule has 0 spiro atoms. The summed E-state index contributed by atoms with van der Waals surface area (Å²) in [4.78, 5) is 27.7. The van der Waals surface area contributed by atoms with Crippen LogP contribution in [0.4, 0.5) is 10.6 Å². The molecule has 144 valence electrons. The van der Waals surface area contributed by atoms with Gasteiger partial charge in [0.25, 0.3) is 0 Å². The molecule has 2 bridgehead atoms. The van der Waals surface area contributed by atoms with E-state index in [2.05, 4.69) is 20.3 Å². The topological polar surface area (TPSA) is 80.2 Å². The number of halogens is 1. The third kappa shape index (κ3) is 3.78. The Morgan fingerprint density at radius 1 is 1.22 bits per heavy atom. The van der Waals surface area contributed by atoms with E-state index in [4.69, 9.17) is 16.3 Å². The third-order valence-corrected chi connectivity index (χ3v) is 5.30. The first-order chi connectivity index (χ1) is 12.8. The fourth-order valence-electron chi connectivity index (χ4n) is 4.14. The molecule has 3 atom stereocenters. The van der Waals surface area contributed by atoms with Gasteiger partial charge in [-0.2, -0.15) is 0 Å². The van der Waals surface area contributed by atoms with Gasteiger partial charge in [0.05, 0.1) is 5.52 Å². The summed E-state index contributed by atoms with van der Waals surface area (Å²) in [6.07, 6.45) is 6.81. The van der Waals surface area contributed by atoms with Crippen LogP contribution in [0.5, 0.6) is 0 Å². The van der Waals surface area contributed by atoms with Crippen LogP contribution >= 0.6 is 11.6 Å². The third-order valence-electron chi connectivity index (χ3n) is 5.10. The Morgan fingerprint density at radius 3 is 2.56 bits per heavy atom. The van der Waals surface area contributed by atoms with E-state index in [1.807, 2.05) is 25.7 Å². The minimum Gasteiger partial charge on any atom is -0.444 e. The molecular formula is C19H24ClN5O2. The Balaban J connectivity index is 1.51. The monoisotopic (exact) mass is 389 g/mol. The smallest absolute Gasteiger partial charge is 0.410 e. The van der Waals surface area contributed by atoms with Crippen LogP contribution in [-0.2, 0) is 4.74 Å². The molecule has 0 saturated carbocycles. The average Bonchev–Trinajstić information content (AvgIpc) is 2.85. The van der Waals surface area contributed by atoms with Crippen molar-refractivity contribution in [2.24, 2.45) is 0 Å². The predicted molar refractivity (Wildman–Crippen MR) is 104 cm³/mol. The number of ether oxygens (including phenoxy) is 1. The zero-order chi connectivity index (χ0) is 19.2. The van der Waals surface area contributed by atoms with Crippen LogP contribution in [-0.4, -0.2) is 49.7 Å². The van der Waals surface area contributed by atoms with Crippen molar-refractivity contribution in [3.63, 3.8) is 0 Å². The summed E-state index contributed by atoms with van der Waals surface area (Å²) >= 11 is 6.15. The highest BCUT2D eigenvalue weighted by Crippen LogP contribution is 2.38. The highest BCUT2D eigenvalue weighted by molar-refractivity contribution is 6.30. The summed E-state index contributed by atoms with van der Waals surface area (Å²) < 4.78 is 5.60. The maximum absolute atomic E-state index is 12.6. The minimum absolute atomic E-state index is 0.188. The van der Waals surface area contributed by atoms with Gasteiger partial charge in [0.2, 0.25) is 0 Å². The molecule has 4 heterocycles. The van der Waals surface area contributed by atoms with Gasteiger partial charge in [-0.25, -0.2) is 14.8 Å². The molecule has 7 nitrogen and oxygen atoms in total. The molecule has 2 aromatic rings. The summed E-state index contributed by atoms with van der Waals surface area (Å²) in [5, 5.41) is 3.88. The van der Waals surface area contributed by atoms with Crippen molar-refractivity contribution in [1.82, 2.24) is 19.9 Å². The van der Waals surface area contributed by atoms with Crippen LogP contribution < -0.4 is 5.32 Å². The maximum Gasteiger partial charge on any atom is 0.410 e. The lowest BCUT2D eigenvalue weighted by molar-refractivity contribution is 0.00683. The second-order valence-corrected chi connectivity index (χ2v) is 8.69. The van der Waals surface area contributed by atoms with Crippen molar-refractivity contribution >= 4 is 34.5 Å². The van der Waals surface area contributed by atoms with Crippen LogP contribution in [0, 0.1) is 0 Å². The minimum atomic E-state index is -0.478. The first kappa shape index (κ1) is 18.2. The Morgan fingerprint density at radius 2 is 1.89 bits per heavy atom. The standard InChI is InChI=1S/C19H24ClN5O2/c1-19(2,3)27-18(26)25-12-4-5-13(25)9-11(8-12)23-17-16-14(10-15(20)24-17)21-6-7-22-16/h6-7,10-13H,4-5,8-9H2,1-3H3,(H,23,24)/t11-,12-,13+. The molecule has 2 aliphatic rings. The van der Waals surface area contributed by atoms with Gasteiger partial charge in [-0.05, 0) is 46.5 Å². The lowest BCUT2D eigenvalue weighted by Crippen LogP contribution is -2.51. The van der Waals surface area contributed by atoms with Gasteiger partial charge in [0.1, 0.15) is 16.3 Å². The fourth-order valence-corrected chi connectivity index (χ4v) is 4.33. The summed E-state index contributed by atoms with van der Waals surface area (Å²) in [5.41, 5.74) is 0.950. The summed E-state index contributed by atoms with van der Waals surface area (Å²) in [5.74, 6) is 0.653. The van der Waals surface area contributed by atoms with Crippen molar-refractivity contribution in [3.8, 4) is 0 Å². The quantitative estimate of drug-likeness (QED) is 0.781. The molecule has 4 rings (SSSR count). The van der Waals surface area contributed by atoms with Gasteiger partial charge in [0, 0.05) is 36.6 Å². The molecule has 2 saturated heterocycles. The van der Waals surface area contributed by atoms with Crippen LogP contribution in [0.25, 0.3) is 11.0 Å². The number of anilines is 1. The highest BCUT2D eigenvalue weighted by atomic mass is 35.5. The van der Waals surface area contributed by atoms with E-state index in [1.54, 1.807) is 18.5 Å². The van der Waals surface area contributed by atoms with Crippen LogP contribution in [0.15, 0.2) is 18.5 Å². The van der Waals surface area contributed by atoms with E-state index in [9.17, 15) is 4.79 Å². The molecule has 2 aromatic heterocycles. The molecular weight excluding hydrogens is 366 g/mol. The van der Waals surface area contributed by atoms with E-state index in [0.29, 0.717) is 22.0 Å². The summed E-state index contributed by atoms with van der Waals surface area (Å²) in [6, 6.07) is 2.29. The number of nitrogens with zero attached hydrogens (tertiary/aromatic N) is 4. The molecule has 2 fully saturated rings. The van der Waals surface area contributed by atoms with Gasteiger partial charge in [0.15, 0.2) is 5.82 Å². The van der Waals surface area contributed by atoms with E-state index in [-0.39, 0.29) is 24.2 Å². The Kier molecular flexibility index (Phi) is 4.58. The Hall–Kier alpha value is -2.15. The number of aromatic nitrogens is 3. The van der Waals surface area contributed by atoms with Crippen LogP contribution in [0.3, 0.4) is 0 Å². The molecule has 0 aliphatic carbocycles. The zero-order valence-electron chi connectivity index (χ0n) is 15.8. The lowest BCUT2D eigenvalue weighted by atomic mass is 9.97. The normalized spacial score (nSPS) is 24.9. The number of hydrogen-bond acceptors (Lipinski definition) is 6. The number of carbonyl (C=O) groups excluding carboxylic acids is 1. The predicted octanol–water partition coefficient (Wildman–Crippen LogP) is 4.02. The van der Waals surface area contributed by atoms with Gasteiger partial charge in [-0.15, -0.1) is 0 Å². The molecule has 1 N–H and O–H groups in total. The Labute approximate surface area is 163 Å². The van der Waals surface area contributed by atoms with E-state index >= 15 is 0 Å². The van der Waals surface area contributed by atoms with E-state index in [1.165, 1.54) is 0 Å². The Bertz CT molecular complexity index is 855. The molecule has 1 amide bonds. The SMILES string of the molecule is CC(C)(C)OC(=O)N1[C@@H]2CC[C@H]1C[C@H](Nc1nc(Cl)cc3nccnc13)C2. The van der Waals surface area contributed by atoms with Crippen molar-refractivity contribution in [1.29, 1.82) is 0 Å². The van der Waals surface area contributed by atoms with Gasteiger partial charge in [-0.1, -0.05) is 11.6 Å². The fraction of sp³-hybridized carbons (Fsp3) is 0.579. The lowest BCUT2D eigenvalue weighted by Gasteiger charge is -2.39. The van der Waals surface area contributed by atoms with E-state index in [0.717, 1.165) is 25.7 Å². The number of carbonyl (C=O) groups is 1. The molecule has 0 aromatic carbocycles. The number of piperidine rings is 1. The van der Waals surface area contributed by atoms with Gasteiger partial charge in [-0.3, -0.25) is 4.98 Å². The molecule has 0 radical (unpaired) electrons. The summed E-state index contributed by atoms with van der Waals surface area (Å²) in [6.45, 7) is 5.70. The van der Waals surface area contributed by atoms with Gasteiger partial charge >= 0.3 is 6.09 Å². The molecule has 27 heavy (non-hydrogen) atoms. The van der Waals surface area contributed by atoms with Crippen LogP contribution in [0.2, 0.25) is 5.15 Å². The van der Waals surface area contributed by atoms with Crippen molar-refractivity contribution in [2.75, 3.05) is 5.32 Å². The van der Waals surface area contributed by atoms with Crippen molar-refractivity contribution < 1.29 is 9.53 Å².